The molecule has 130 valence electrons. The normalized spacial score (nSPS) is 22.2. The predicted octanol–water partition coefficient (Wildman–Crippen LogP) is 2.89. The third-order valence-corrected chi connectivity index (χ3v) is 5.20. The Labute approximate surface area is 154 Å². The summed E-state index contributed by atoms with van der Waals surface area (Å²) >= 11 is 3.63. The molecule has 1 aromatic rings. The van der Waals surface area contributed by atoms with Gasteiger partial charge in [-0.25, -0.2) is 0 Å². The molecule has 3 rings (SSSR count). The van der Waals surface area contributed by atoms with Gasteiger partial charge in [0, 0.05) is 42.4 Å². The third-order valence-electron chi connectivity index (χ3n) is 4.71. The van der Waals surface area contributed by atoms with Gasteiger partial charge in [0.25, 0.3) is 0 Å². The Hall–Kier alpha value is -0.330. The van der Waals surface area contributed by atoms with E-state index in [9.17, 15) is 0 Å². The zero-order valence-electron chi connectivity index (χ0n) is 13.8. The number of hydrogen-bond acceptors (Lipinski definition) is 4. The molecule has 0 aliphatic carbocycles. The molecule has 2 aliphatic rings. The van der Waals surface area contributed by atoms with E-state index < -0.39 is 0 Å². The minimum Gasteiger partial charge on any atom is -0.378 e. The van der Waals surface area contributed by atoms with Crippen LogP contribution in [0, 0.1) is 0 Å². The summed E-state index contributed by atoms with van der Waals surface area (Å²) in [7, 11) is 2.05. The van der Waals surface area contributed by atoms with Crippen LogP contribution >= 0.6 is 28.3 Å². The van der Waals surface area contributed by atoms with Gasteiger partial charge in [-0.1, -0.05) is 22.0 Å². The Morgan fingerprint density at radius 3 is 2.78 bits per heavy atom. The minimum atomic E-state index is 0. The van der Waals surface area contributed by atoms with Crippen LogP contribution in [0.4, 0.5) is 5.69 Å². The van der Waals surface area contributed by atoms with Crippen molar-refractivity contribution in [3.63, 3.8) is 0 Å². The van der Waals surface area contributed by atoms with Crippen molar-refractivity contribution in [2.24, 2.45) is 0 Å². The summed E-state index contributed by atoms with van der Waals surface area (Å²) < 4.78 is 6.66. The fourth-order valence-electron chi connectivity index (χ4n) is 3.56. The van der Waals surface area contributed by atoms with E-state index in [4.69, 9.17) is 4.74 Å². The van der Waals surface area contributed by atoms with E-state index in [2.05, 4.69) is 56.3 Å². The number of likely N-dealkylation sites (N-methyl/N-ethyl adjacent to an activating group) is 1. The first-order valence-electron chi connectivity index (χ1n) is 8.27. The number of benzene rings is 1. The molecule has 0 amide bonds. The van der Waals surface area contributed by atoms with Crippen LogP contribution in [0.15, 0.2) is 22.7 Å². The Morgan fingerprint density at radius 1 is 1.26 bits per heavy atom. The first kappa shape index (κ1) is 19.0. The monoisotopic (exact) mass is 403 g/mol. The highest BCUT2D eigenvalue weighted by molar-refractivity contribution is 9.10. The fourth-order valence-corrected chi connectivity index (χ4v) is 3.91. The lowest BCUT2D eigenvalue weighted by molar-refractivity contribution is 0.122. The van der Waals surface area contributed by atoms with Gasteiger partial charge in [-0.05, 0) is 44.1 Å². The third kappa shape index (κ3) is 4.83. The second-order valence-corrected chi connectivity index (χ2v) is 7.11. The van der Waals surface area contributed by atoms with Gasteiger partial charge in [0.15, 0.2) is 0 Å². The summed E-state index contributed by atoms with van der Waals surface area (Å²) in [4.78, 5) is 5.09. The van der Waals surface area contributed by atoms with E-state index >= 15 is 0 Å². The summed E-state index contributed by atoms with van der Waals surface area (Å²) in [5, 5.41) is 3.34. The van der Waals surface area contributed by atoms with Crippen LogP contribution in [0.25, 0.3) is 0 Å². The van der Waals surface area contributed by atoms with Crippen LogP contribution in [0.3, 0.4) is 0 Å². The van der Waals surface area contributed by atoms with Gasteiger partial charge in [-0.3, -0.25) is 4.90 Å². The van der Waals surface area contributed by atoms with E-state index in [1.165, 1.54) is 30.6 Å². The lowest BCUT2D eigenvalue weighted by Gasteiger charge is -2.32. The van der Waals surface area contributed by atoms with Crippen LogP contribution < -0.4 is 10.2 Å². The lowest BCUT2D eigenvalue weighted by atomic mass is 10.1. The SMILES string of the molecule is CNCC1CCCN1Cc1ccc(Br)cc1N1CCOCC1.Cl. The number of likely N-dealkylation sites (tertiary alicyclic amines) is 1. The molecular weight excluding hydrogens is 378 g/mol. The smallest absolute Gasteiger partial charge is 0.0642 e. The van der Waals surface area contributed by atoms with Gasteiger partial charge in [-0.2, -0.15) is 0 Å². The van der Waals surface area contributed by atoms with Gasteiger partial charge >= 0.3 is 0 Å². The summed E-state index contributed by atoms with van der Waals surface area (Å²) in [5.74, 6) is 0. The first-order valence-corrected chi connectivity index (χ1v) is 9.07. The predicted molar refractivity (Wildman–Crippen MR) is 102 cm³/mol. The van der Waals surface area contributed by atoms with Crippen molar-refractivity contribution in [3.05, 3.63) is 28.2 Å². The number of anilines is 1. The topological polar surface area (TPSA) is 27.7 Å². The molecule has 1 unspecified atom stereocenters. The van der Waals surface area contributed by atoms with Crippen LogP contribution in [-0.2, 0) is 11.3 Å². The number of ether oxygens (including phenoxy) is 1. The molecule has 2 fully saturated rings. The van der Waals surface area contributed by atoms with E-state index in [1.54, 1.807) is 0 Å². The number of halogens is 2. The van der Waals surface area contributed by atoms with Crippen LogP contribution in [0.5, 0.6) is 0 Å². The van der Waals surface area contributed by atoms with E-state index in [0.29, 0.717) is 6.04 Å². The molecule has 23 heavy (non-hydrogen) atoms. The highest BCUT2D eigenvalue weighted by Gasteiger charge is 2.25. The molecule has 1 atom stereocenters. The molecule has 1 N–H and O–H groups in total. The fraction of sp³-hybridized carbons (Fsp3) is 0.647. The number of hydrogen-bond donors (Lipinski definition) is 1. The van der Waals surface area contributed by atoms with Crippen molar-refractivity contribution in [2.45, 2.75) is 25.4 Å². The van der Waals surface area contributed by atoms with Crippen LogP contribution in [0.1, 0.15) is 18.4 Å². The maximum absolute atomic E-state index is 5.50. The summed E-state index contributed by atoms with van der Waals surface area (Å²) in [6.45, 7) is 6.99. The van der Waals surface area contributed by atoms with Gasteiger partial charge in [0.2, 0.25) is 0 Å². The van der Waals surface area contributed by atoms with Crippen molar-refractivity contribution < 1.29 is 4.74 Å². The Kier molecular flexibility index (Phi) is 7.63. The summed E-state index contributed by atoms with van der Waals surface area (Å²) in [6, 6.07) is 7.39. The molecule has 0 spiro atoms. The average Bonchev–Trinajstić information content (AvgIpc) is 2.97. The quantitative estimate of drug-likeness (QED) is 0.817. The summed E-state index contributed by atoms with van der Waals surface area (Å²) in [5.41, 5.74) is 2.81. The zero-order valence-corrected chi connectivity index (χ0v) is 16.2. The molecule has 2 aliphatic heterocycles. The average molecular weight is 405 g/mol. The van der Waals surface area contributed by atoms with Crippen molar-refractivity contribution in [2.75, 3.05) is 51.3 Å². The molecule has 0 radical (unpaired) electrons. The van der Waals surface area contributed by atoms with Gasteiger partial charge < -0.3 is 15.0 Å². The number of nitrogens with one attached hydrogen (secondary N) is 1. The molecule has 2 saturated heterocycles. The van der Waals surface area contributed by atoms with E-state index in [1.807, 2.05) is 0 Å². The molecule has 0 aromatic heterocycles. The van der Waals surface area contributed by atoms with Gasteiger partial charge in [0.05, 0.1) is 13.2 Å². The Bertz CT molecular complexity index is 497. The van der Waals surface area contributed by atoms with Crippen molar-refractivity contribution >= 4 is 34.0 Å². The number of morpholine rings is 1. The highest BCUT2D eigenvalue weighted by Crippen LogP contribution is 2.29. The molecule has 0 bridgehead atoms. The largest absolute Gasteiger partial charge is 0.378 e. The Morgan fingerprint density at radius 2 is 2.04 bits per heavy atom. The summed E-state index contributed by atoms with van der Waals surface area (Å²) in [6.07, 6.45) is 2.63. The maximum Gasteiger partial charge on any atom is 0.0642 e. The molecule has 1 aromatic carbocycles. The molecular formula is C17H27BrClN3O. The van der Waals surface area contributed by atoms with Crippen LogP contribution in [0.2, 0.25) is 0 Å². The highest BCUT2D eigenvalue weighted by atomic mass is 79.9. The molecule has 2 heterocycles. The minimum absolute atomic E-state index is 0. The first-order chi connectivity index (χ1) is 10.8. The molecule has 4 nitrogen and oxygen atoms in total. The lowest BCUT2D eigenvalue weighted by Crippen LogP contribution is -2.39. The van der Waals surface area contributed by atoms with Gasteiger partial charge in [0.1, 0.15) is 0 Å². The van der Waals surface area contributed by atoms with Crippen molar-refractivity contribution in [1.82, 2.24) is 10.2 Å². The van der Waals surface area contributed by atoms with E-state index in [-0.39, 0.29) is 12.4 Å². The number of rotatable bonds is 5. The number of nitrogens with zero attached hydrogens (tertiary/aromatic N) is 2. The van der Waals surface area contributed by atoms with Crippen molar-refractivity contribution in [3.8, 4) is 0 Å². The van der Waals surface area contributed by atoms with Gasteiger partial charge in [-0.15, -0.1) is 12.4 Å². The molecule has 6 heteroatoms. The Balaban J connectivity index is 0.00000192. The maximum atomic E-state index is 5.50. The van der Waals surface area contributed by atoms with Crippen molar-refractivity contribution in [1.29, 1.82) is 0 Å². The zero-order chi connectivity index (χ0) is 15.4. The second kappa shape index (κ2) is 9.23. The van der Waals surface area contributed by atoms with E-state index in [0.717, 1.165) is 43.9 Å². The second-order valence-electron chi connectivity index (χ2n) is 6.20. The standard InChI is InChI=1S/C17H26BrN3O.ClH/c1-19-12-16-3-2-6-21(16)13-14-4-5-15(18)11-17(14)20-7-9-22-10-8-20;/h4-5,11,16,19H,2-3,6-10,12-13H2,1H3;1H. The molecule has 0 saturated carbocycles. The van der Waals surface area contributed by atoms with Crippen LogP contribution in [-0.4, -0.2) is 57.4 Å².